The molecule has 3 heterocycles. The van der Waals surface area contributed by atoms with Crippen LogP contribution in [0.4, 0.5) is 24.7 Å². The molecule has 0 amide bonds. The Labute approximate surface area is 156 Å². The first-order valence-corrected chi connectivity index (χ1v) is 8.09. The first-order chi connectivity index (χ1) is 13.5. The fourth-order valence-electron chi connectivity index (χ4n) is 2.68. The molecule has 3 aromatic heterocycles. The highest BCUT2D eigenvalue weighted by molar-refractivity contribution is 5.64. The summed E-state index contributed by atoms with van der Waals surface area (Å²) in [5.41, 5.74) is -0.559. The van der Waals surface area contributed by atoms with E-state index in [-0.39, 0.29) is 17.2 Å². The summed E-state index contributed by atoms with van der Waals surface area (Å²) in [5.74, 6) is 0.917. The standard InChI is InChI=1S/C18H13F3N6O/c1-28-12-4-2-11(3-5-12)24-13-6-7-23-17(25-13)15-16(18(19,20)21)26-14-10-22-8-9-27(14)15/h2-10H,1H3,(H,23,24,25). The number of hydrogen-bond donors (Lipinski definition) is 1. The lowest BCUT2D eigenvalue weighted by atomic mass is 10.3. The van der Waals surface area contributed by atoms with E-state index in [0.717, 1.165) is 0 Å². The summed E-state index contributed by atoms with van der Waals surface area (Å²) < 4.78 is 46.9. The van der Waals surface area contributed by atoms with Gasteiger partial charge in [0.15, 0.2) is 17.2 Å². The molecule has 0 aliphatic rings. The second-order valence-corrected chi connectivity index (χ2v) is 5.73. The summed E-state index contributed by atoms with van der Waals surface area (Å²) in [6.07, 6.45) is 0.731. The van der Waals surface area contributed by atoms with Crippen LogP contribution in [0.5, 0.6) is 5.75 Å². The van der Waals surface area contributed by atoms with E-state index in [2.05, 4.69) is 25.3 Å². The number of halogens is 3. The summed E-state index contributed by atoms with van der Waals surface area (Å²) in [4.78, 5) is 15.7. The number of rotatable bonds is 4. The van der Waals surface area contributed by atoms with Gasteiger partial charge in [-0.1, -0.05) is 0 Å². The smallest absolute Gasteiger partial charge is 0.435 e. The van der Waals surface area contributed by atoms with Crippen molar-refractivity contribution >= 4 is 17.2 Å². The zero-order valence-corrected chi connectivity index (χ0v) is 14.5. The number of fused-ring (bicyclic) bond motifs is 1. The maximum absolute atomic E-state index is 13.5. The Kier molecular flexibility index (Phi) is 4.30. The number of methoxy groups -OCH3 is 1. The molecule has 0 bridgehead atoms. The van der Waals surface area contributed by atoms with Crippen LogP contribution in [0, 0.1) is 0 Å². The molecule has 4 aromatic rings. The van der Waals surface area contributed by atoms with Gasteiger partial charge < -0.3 is 10.1 Å². The predicted octanol–water partition coefficient (Wildman–Crippen LogP) is 3.96. The molecule has 0 saturated carbocycles. The first kappa shape index (κ1) is 17.7. The van der Waals surface area contributed by atoms with Crippen LogP contribution in [0.25, 0.3) is 17.2 Å². The normalized spacial score (nSPS) is 11.6. The third-order valence-electron chi connectivity index (χ3n) is 3.93. The molecular weight excluding hydrogens is 373 g/mol. The average molecular weight is 386 g/mol. The summed E-state index contributed by atoms with van der Waals surface area (Å²) in [5, 5.41) is 3.03. The van der Waals surface area contributed by atoms with E-state index in [0.29, 0.717) is 17.3 Å². The molecule has 0 aliphatic heterocycles. The van der Waals surface area contributed by atoms with Gasteiger partial charge in [0.25, 0.3) is 0 Å². The first-order valence-electron chi connectivity index (χ1n) is 8.09. The van der Waals surface area contributed by atoms with Gasteiger partial charge in [-0.15, -0.1) is 0 Å². The molecule has 0 spiro atoms. The minimum atomic E-state index is -4.66. The molecule has 0 aliphatic carbocycles. The minimum Gasteiger partial charge on any atom is -0.497 e. The van der Waals surface area contributed by atoms with Crippen molar-refractivity contribution in [3.05, 3.63) is 60.8 Å². The van der Waals surface area contributed by atoms with E-state index in [9.17, 15) is 13.2 Å². The van der Waals surface area contributed by atoms with Gasteiger partial charge in [0.05, 0.1) is 13.3 Å². The van der Waals surface area contributed by atoms with Gasteiger partial charge in [-0.3, -0.25) is 9.38 Å². The zero-order chi connectivity index (χ0) is 19.7. The minimum absolute atomic E-state index is 0.0574. The Balaban J connectivity index is 1.77. The Hall–Kier alpha value is -3.69. The summed E-state index contributed by atoms with van der Waals surface area (Å²) in [7, 11) is 1.56. The second kappa shape index (κ2) is 6.80. The van der Waals surface area contributed by atoms with E-state index in [1.807, 2.05) is 0 Å². The quantitative estimate of drug-likeness (QED) is 0.572. The Morgan fingerprint density at radius 1 is 1.04 bits per heavy atom. The van der Waals surface area contributed by atoms with E-state index in [1.54, 1.807) is 37.4 Å². The number of aromatic nitrogens is 5. The lowest BCUT2D eigenvalue weighted by molar-refractivity contribution is -0.140. The number of anilines is 2. The van der Waals surface area contributed by atoms with Gasteiger partial charge in [0.1, 0.15) is 17.3 Å². The molecule has 4 rings (SSSR count). The Bertz CT molecular complexity index is 1120. The van der Waals surface area contributed by atoms with Gasteiger partial charge in [0.2, 0.25) is 0 Å². The van der Waals surface area contributed by atoms with Crippen molar-refractivity contribution in [2.24, 2.45) is 0 Å². The highest BCUT2D eigenvalue weighted by Crippen LogP contribution is 2.36. The SMILES string of the molecule is COc1ccc(Nc2ccnc(-c3c(C(F)(F)F)nc4cnccn34)n2)cc1. The second-order valence-electron chi connectivity index (χ2n) is 5.73. The third kappa shape index (κ3) is 3.31. The van der Waals surface area contributed by atoms with Crippen molar-refractivity contribution < 1.29 is 17.9 Å². The van der Waals surface area contributed by atoms with Crippen molar-refractivity contribution in [3.63, 3.8) is 0 Å². The van der Waals surface area contributed by atoms with Crippen LogP contribution in [-0.4, -0.2) is 31.4 Å². The van der Waals surface area contributed by atoms with Crippen molar-refractivity contribution in [1.29, 1.82) is 0 Å². The molecule has 0 radical (unpaired) electrons. The summed E-state index contributed by atoms with van der Waals surface area (Å²) in [6, 6.07) is 8.60. The van der Waals surface area contributed by atoms with Crippen molar-refractivity contribution in [3.8, 4) is 17.3 Å². The van der Waals surface area contributed by atoms with Crippen molar-refractivity contribution in [2.75, 3.05) is 12.4 Å². The molecule has 28 heavy (non-hydrogen) atoms. The average Bonchev–Trinajstić information content (AvgIpc) is 3.09. The van der Waals surface area contributed by atoms with Gasteiger partial charge in [-0.25, -0.2) is 15.0 Å². The van der Waals surface area contributed by atoms with Crippen LogP contribution in [0.1, 0.15) is 5.69 Å². The highest BCUT2D eigenvalue weighted by Gasteiger charge is 2.39. The molecule has 0 fully saturated rings. The molecule has 10 heteroatoms. The lowest BCUT2D eigenvalue weighted by Gasteiger charge is -2.10. The van der Waals surface area contributed by atoms with Crippen molar-refractivity contribution in [2.45, 2.75) is 6.18 Å². The van der Waals surface area contributed by atoms with Crippen LogP contribution < -0.4 is 10.1 Å². The molecular formula is C18H13F3N6O. The number of benzene rings is 1. The highest BCUT2D eigenvalue weighted by atomic mass is 19.4. The van der Waals surface area contributed by atoms with E-state index >= 15 is 0 Å². The van der Waals surface area contributed by atoms with Gasteiger partial charge in [-0.05, 0) is 30.3 Å². The van der Waals surface area contributed by atoms with E-state index < -0.39 is 11.9 Å². The molecule has 1 aromatic carbocycles. The molecule has 142 valence electrons. The lowest BCUT2D eigenvalue weighted by Crippen LogP contribution is -2.09. The van der Waals surface area contributed by atoms with Crippen molar-refractivity contribution in [1.82, 2.24) is 24.3 Å². The third-order valence-corrected chi connectivity index (χ3v) is 3.93. The number of hydrogen-bond acceptors (Lipinski definition) is 6. The predicted molar refractivity (Wildman–Crippen MR) is 95.3 cm³/mol. The van der Waals surface area contributed by atoms with Crippen LogP contribution in [0.3, 0.4) is 0 Å². The number of nitrogens with one attached hydrogen (secondary N) is 1. The van der Waals surface area contributed by atoms with Crippen LogP contribution >= 0.6 is 0 Å². The molecule has 0 saturated heterocycles. The number of alkyl halides is 3. The van der Waals surface area contributed by atoms with Gasteiger partial charge >= 0.3 is 6.18 Å². The van der Waals surface area contributed by atoms with E-state index in [4.69, 9.17) is 4.74 Å². The van der Waals surface area contributed by atoms with E-state index in [1.165, 1.54) is 29.2 Å². The molecule has 7 nitrogen and oxygen atoms in total. The topological polar surface area (TPSA) is 77.2 Å². The molecule has 0 unspecified atom stereocenters. The van der Waals surface area contributed by atoms with Gasteiger partial charge in [-0.2, -0.15) is 13.2 Å². The fourth-order valence-corrected chi connectivity index (χ4v) is 2.68. The maximum atomic E-state index is 13.5. The van der Waals surface area contributed by atoms with Gasteiger partial charge in [0, 0.05) is 24.3 Å². The number of imidazole rings is 1. The number of nitrogens with zero attached hydrogens (tertiary/aromatic N) is 5. The van der Waals surface area contributed by atoms with Crippen LogP contribution in [0.2, 0.25) is 0 Å². The zero-order valence-electron chi connectivity index (χ0n) is 14.5. The number of ether oxygens (including phenoxy) is 1. The fraction of sp³-hybridized carbons (Fsp3) is 0.111. The monoisotopic (exact) mass is 386 g/mol. The largest absolute Gasteiger partial charge is 0.497 e. The Morgan fingerprint density at radius 2 is 1.82 bits per heavy atom. The molecule has 1 N–H and O–H groups in total. The summed E-state index contributed by atoms with van der Waals surface area (Å²) in [6.45, 7) is 0. The molecule has 0 atom stereocenters. The Morgan fingerprint density at radius 3 is 2.54 bits per heavy atom. The summed E-state index contributed by atoms with van der Waals surface area (Å²) >= 11 is 0. The van der Waals surface area contributed by atoms with Crippen LogP contribution in [-0.2, 0) is 6.18 Å². The van der Waals surface area contributed by atoms with Crippen LogP contribution in [0.15, 0.2) is 55.1 Å². The maximum Gasteiger partial charge on any atom is 0.435 e.